The van der Waals surface area contributed by atoms with Crippen LogP contribution < -0.4 is 0 Å². The van der Waals surface area contributed by atoms with E-state index in [0.29, 0.717) is 11.6 Å². The lowest BCUT2D eigenvalue weighted by Crippen LogP contribution is -1.98. The summed E-state index contributed by atoms with van der Waals surface area (Å²) in [7, 11) is 0. The van der Waals surface area contributed by atoms with Crippen LogP contribution >= 0.6 is 0 Å². The van der Waals surface area contributed by atoms with Gasteiger partial charge in [-0.05, 0) is 132 Å². The minimum Gasteiger partial charge on any atom is -0.309 e. The summed E-state index contributed by atoms with van der Waals surface area (Å²) in [5.41, 5.74) is 17.7. The monoisotopic (exact) mass is 948 g/mol. The van der Waals surface area contributed by atoms with Gasteiger partial charge in [-0.15, -0.1) is 0 Å². The first-order valence-corrected chi connectivity index (χ1v) is 24.4. The quantitative estimate of drug-likeness (QED) is 0.141. The van der Waals surface area contributed by atoms with E-state index in [1.165, 1.54) is 21.5 Å². The van der Waals surface area contributed by atoms with Gasteiger partial charge in [0.1, 0.15) is 0 Å². The van der Waals surface area contributed by atoms with Crippen molar-refractivity contribution in [2.45, 2.75) is 0 Å². The number of pyridine rings is 4. The van der Waals surface area contributed by atoms with E-state index in [1.807, 2.05) is 60.7 Å². The third-order valence-electron chi connectivity index (χ3n) is 13.8. The Balaban J connectivity index is 0.856. The van der Waals surface area contributed by atoms with E-state index in [9.17, 15) is 0 Å². The van der Waals surface area contributed by atoms with Crippen molar-refractivity contribution in [1.29, 1.82) is 0 Å². The second kappa shape index (κ2) is 17.8. The summed E-state index contributed by atoms with van der Waals surface area (Å²) in [5, 5.41) is 4.68. The van der Waals surface area contributed by atoms with E-state index in [4.69, 9.17) is 19.9 Å². The molecule has 346 valence electrons. The molecule has 0 saturated heterocycles. The molecular formula is C64H40N10. The van der Waals surface area contributed by atoms with Crippen molar-refractivity contribution in [3.63, 3.8) is 0 Å². The first-order valence-electron chi connectivity index (χ1n) is 24.4. The molecule has 0 N–H and O–H groups in total. The van der Waals surface area contributed by atoms with Gasteiger partial charge in [0.15, 0.2) is 11.6 Å². The molecule has 8 heterocycles. The van der Waals surface area contributed by atoms with Crippen molar-refractivity contribution in [3.05, 3.63) is 244 Å². The smallest absolute Gasteiger partial charge is 0.160 e. The Kier molecular flexibility index (Phi) is 10.2. The van der Waals surface area contributed by atoms with Crippen molar-refractivity contribution >= 4 is 43.6 Å². The number of hydrogen-bond acceptors (Lipinski definition) is 8. The Labute approximate surface area is 424 Å². The average molecular weight is 949 g/mol. The minimum absolute atomic E-state index is 0.636. The highest BCUT2D eigenvalue weighted by Gasteiger charge is 2.19. The van der Waals surface area contributed by atoms with E-state index in [1.54, 1.807) is 49.6 Å². The van der Waals surface area contributed by atoms with Gasteiger partial charge in [0.2, 0.25) is 0 Å². The van der Waals surface area contributed by atoms with E-state index in [0.717, 1.165) is 101 Å². The van der Waals surface area contributed by atoms with Crippen LogP contribution in [0.25, 0.3) is 134 Å². The molecule has 0 aliphatic heterocycles. The van der Waals surface area contributed by atoms with Crippen LogP contribution in [0.1, 0.15) is 0 Å². The van der Waals surface area contributed by atoms with Gasteiger partial charge in [0.05, 0.1) is 44.8 Å². The summed E-state index contributed by atoms with van der Waals surface area (Å²) >= 11 is 0. The number of para-hydroxylation sites is 2. The molecule has 0 fully saturated rings. The highest BCUT2D eigenvalue weighted by molar-refractivity contribution is 6.13. The maximum absolute atomic E-state index is 5.12. The number of nitrogens with zero attached hydrogens (tertiary/aromatic N) is 10. The van der Waals surface area contributed by atoms with Crippen LogP contribution in [0.2, 0.25) is 0 Å². The molecule has 0 amide bonds. The van der Waals surface area contributed by atoms with E-state index in [-0.39, 0.29) is 0 Å². The third kappa shape index (κ3) is 7.53. The molecular weight excluding hydrogens is 909 g/mol. The number of aromatic nitrogens is 10. The maximum Gasteiger partial charge on any atom is 0.160 e. The first kappa shape index (κ1) is 42.5. The van der Waals surface area contributed by atoms with Gasteiger partial charge in [-0.3, -0.25) is 19.9 Å². The predicted octanol–water partition coefficient (Wildman–Crippen LogP) is 14.7. The van der Waals surface area contributed by atoms with Crippen molar-refractivity contribution < 1.29 is 0 Å². The van der Waals surface area contributed by atoms with Crippen LogP contribution in [-0.4, -0.2) is 49.0 Å². The van der Waals surface area contributed by atoms with Crippen molar-refractivity contribution in [2.75, 3.05) is 0 Å². The standard InChI is InChI=1S/C64H40N10/c1-3-13-59-51(11-1)53-37-45(15-17-61(53)73(59)49-9-5-7-47(35-49)63-69-55(41-19-27-65-28-20-41)39-56(70-63)42-21-29-66-30-22-42)46-16-18-62-54(38-46)52-12-2-4-14-60(52)74(62)50-10-6-8-48(36-50)64-71-57(43-23-31-67-32-24-43)40-58(72-64)44-25-33-68-34-26-44/h1-40H. The predicted molar refractivity (Wildman–Crippen MR) is 296 cm³/mol. The van der Waals surface area contributed by atoms with Crippen LogP contribution in [0.4, 0.5) is 0 Å². The fourth-order valence-corrected chi connectivity index (χ4v) is 10.3. The van der Waals surface area contributed by atoms with Crippen LogP contribution in [0.5, 0.6) is 0 Å². The Morgan fingerprint density at radius 1 is 0.230 bits per heavy atom. The zero-order valence-electron chi connectivity index (χ0n) is 39.6. The number of benzene rings is 6. The molecule has 14 aromatic rings. The molecule has 0 aliphatic rings. The number of fused-ring (bicyclic) bond motifs is 6. The summed E-state index contributed by atoms with van der Waals surface area (Å²) in [6, 6.07) is 67.9. The molecule has 0 atom stereocenters. The molecule has 0 spiro atoms. The molecule has 10 heteroatoms. The SMILES string of the molecule is c1cc(-c2nc(-c3ccncc3)cc(-c3ccncc3)n2)cc(-n2c3ccccc3c3cc(-c4ccc5c(c4)c4ccccc4n5-c4cccc(-c5nc(-c6ccncc6)cc(-c6ccncc6)n5)c4)ccc32)c1. The van der Waals surface area contributed by atoms with Gasteiger partial charge in [-0.1, -0.05) is 72.8 Å². The molecule has 0 bridgehead atoms. The average Bonchev–Trinajstić information content (AvgIpc) is 4.00. The number of rotatable bonds is 9. The summed E-state index contributed by atoms with van der Waals surface area (Å²) < 4.78 is 4.69. The lowest BCUT2D eigenvalue weighted by Gasteiger charge is -2.12. The zero-order chi connectivity index (χ0) is 49.0. The van der Waals surface area contributed by atoms with Crippen molar-refractivity contribution in [3.8, 4) is 90.3 Å². The molecule has 0 unspecified atom stereocenters. The second-order valence-electron chi connectivity index (χ2n) is 18.1. The zero-order valence-corrected chi connectivity index (χ0v) is 39.6. The van der Waals surface area contributed by atoms with Gasteiger partial charge in [0.25, 0.3) is 0 Å². The van der Waals surface area contributed by atoms with Crippen LogP contribution in [0.3, 0.4) is 0 Å². The maximum atomic E-state index is 5.12. The van der Waals surface area contributed by atoms with Crippen LogP contribution in [0.15, 0.2) is 244 Å². The second-order valence-corrected chi connectivity index (χ2v) is 18.1. The summed E-state index contributed by atoms with van der Waals surface area (Å²) in [5.74, 6) is 1.27. The third-order valence-corrected chi connectivity index (χ3v) is 13.8. The normalized spacial score (nSPS) is 11.5. The van der Waals surface area contributed by atoms with Gasteiger partial charge in [0, 0.05) is 116 Å². The lowest BCUT2D eigenvalue weighted by molar-refractivity contribution is 1.15. The van der Waals surface area contributed by atoms with Crippen molar-refractivity contribution in [2.24, 2.45) is 0 Å². The Morgan fingerprint density at radius 2 is 0.568 bits per heavy atom. The first-order chi connectivity index (χ1) is 36.7. The Hall–Kier alpha value is -10.3. The van der Waals surface area contributed by atoms with Gasteiger partial charge >= 0.3 is 0 Å². The molecule has 0 saturated carbocycles. The fourth-order valence-electron chi connectivity index (χ4n) is 10.3. The Morgan fingerprint density at radius 3 is 0.932 bits per heavy atom. The van der Waals surface area contributed by atoms with E-state index >= 15 is 0 Å². The van der Waals surface area contributed by atoms with Crippen molar-refractivity contribution in [1.82, 2.24) is 49.0 Å². The van der Waals surface area contributed by atoms with Crippen LogP contribution in [-0.2, 0) is 0 Å². The number of hydrogen-bond donors (Lipinski definition) is 0. The van der Waals surface area contributed by atoms with E-state index < -0.39 is 0 Å². The summed E-state index contributed by atoms with van der Waals surface area (Å²) in [6.07, 6.45) is 14.3. The minimum atomic E-state index is 0.636. The van der Waals surface area contributed by atoms with Gasteiger partial charge < -0.3 is 9.13 Å². The fraction of sp³-hybridized carbons (Fsp3) is 0. The highest BCUT2D eigenvalue weighted by atomic mass is 15.0. The highest BCUT2D eigenvalue weighted by Crippen LogP contribution is 2.40. The van der Waals surface area contributed by atoms with Crippen LogP contribution in [0, 0.1) is 0 Å². The molecule has 10 nitrogen and oxygen atoms in total. The Bertz CT molecular complexity index is 4020. The van der Waals surface area contributed by atoms with Gasteiger partial charge in [-0.2, -0.15) is 0 Å². The molecule has 0 aliphatic carbocycles. The van der Waals surface area contributed by atoms with E-state index in [2.05, 4.69) is 163 Å². The molecule has 6 aromatic carbocycles. The summed E-state index contributed by atoms with van der Waals surface area (Å²) in [6.45, 7) is 0. The molecule has 74 heavy (non-hydrogen) atoms. The lowest BCUT2D eigenvalue weighted by atomic mass is 10.0. The molecule has 14 rings (SSSR count). The molecule has 8 aromatic heterocycles. The summed E-state index contributed by atoms with van der Waals surface area (Å²) in [4.78, 5) is 37.5. The largest absolute Gasteiger partial charge is 0.309 e. The molecule has 0 radical (unpaired) electrons. The van der Waals surface area contributed by atoms with Gasteiger partial charge in [-0.25, -0.2) is 19.9 Å². The topological polar surface area (TPSA) is 113 Å².